The minimum absolute atomic E-state index is 0.504. The SMILES string of the molecule is CC1(O)C(C(F)(F)C(=O)O)C2OC2C1(F)F. The number of hydrogen-bond donors (Lipinski definition) is 2. The lowest BCUT2D eigenvalue weighted by atomic mass is 9.84. The van der Waals surface area contributed by atoms with Crippen LogP contribution in [-0.2, 0) is 9.53 Å². The maximum atomic E-state index is 13.3. The Hall–Kier alpha value is -0.890. The van der Waals surface area contributed by atoms with E-state index in [2.05, 4.69) is 4.74 Å². The number of epoxide rings is 1. The largest absolute Gasteiger partial charge is 0.477 e. The van der Waals surface area contributed by atoms with Gasteiger partial charge in [0.1, 0.15) is 11.7 Å². The molecule has 1 saturated carbocycles. The standard InChI is InChI=1S/C8H8F4O4/c1-6(15)3(7(9,10)5(13)14)2-4(16-2)8(6,11)12/h2-4,15H,1H3,(H,13,14). The van der Waals surface area contributed by atoms with Crippen LogP contribution in [0.15, 0.2) is 0 Å². The molecule has 1 saturated heterocycles. The van der Waals surface area contributed by atoms with E-state index in [0.717, 1.165) is 0 Å². The maximum absolute atomic E-state index is 13.3. The average Bonchev–Trinajstić information content (AvgIpc) is 2.79. The summed E-state index contributed by atoms with van der Waals surface area (Å²) >= 11 is 0. The van der Waals surface area contributed by atoms with E-state index in [1.165, 1.54) is 0 Å². The Bertz CT molecular complexity index is 354. The van der Waals surface area contributed by atoms with Crippen LogP contribution in [-0.4, -0.2) is 45.8 Å². The van der Waals surface area contributed by atoms with Gasteiger partial charge in [0.05, 0.1) is 5.92 Å². The van der Waals surface area contributed by atoms with Gasteiger partial charge in [-0.3, -0.25) is 0 Å². The van der Waals surface area contributed by atoms with Crippen molar-refractivity contribution in [3.8, 4) is 0 Å². The summed E-state index contributed by atoms with van der Waals surface area (Å²) in [7, 11) is 0. The molecule has 4 nitrogen and oxygen atoms in total. The smallest absolute Gasteiger partial charge is 0.375 e. The van der Waals surface area contributed by atoms with Crippen molar-refractivity contribution in [2.45, 2.75) is 36.6 Å². The third kappa shape index (κ3) is 1.08. The summed E-state index contributed by atoms with van der Waals surface area (Å²) in [4.78, 5) is 10.3. The maximum Gasteiger partial charge on any atom is 0.375 e. The summed E-state index contributed by atoms with van der Waals surface area (Å²) in [5.41, 5.74) is -3.09. The Morgan fingerprint density at radius 1 is 1.44 bits per heavy atom. The second-order valence-corrected chi connectivity index (χ2v) is 4.20. The number of rotatable bonds is 2. The van der Waals surface area contributed by atoms with Crippen molar-refractivity contribution in [1.29, 1.82) is 0 Å². The van der Waals surface area contributed by atoms with E-state index >= 15 is 0 Å². The van der Waals surface area contributed by atoms with Crippen molar-refractivity contribution in [2.24, 2.45) is 5.92 Å². The summed E-state index contributed by atoms with van der Waals surface area (Å²) in [6, 6.07) is 0. The van der Waals surface area contributed by atoms with Gasteiger partial charge in [0.2, 0.25) is 0 Å². The first-order valence-corrected chi connectivity index (χ1v) is 4.41. The first-order chi connectivity index (χ1) is 7.04. The van der Waals surface area contributed by atoms with Crippen LogP contribution in [0.1, 0.15) is 6.92 Å². The van der Waals surface area contributed by atoms with Gasteiger partial charge in [-0.15, -0.1) is 0 Å². The molecule has 0 aromatic carbocycles. The molecule has 1 heterocycles. The second-order valence-electron chi connectivity index (χ2n) is 4.20. The molecule has 4 atom stereocenters. The van der Waals surface area contributed by atoms with Crippen molar-refractivity contribution >= 4 is 5.97 Å². The van der Waals surface area contributed by atoms with Gasteiger partial charge < -0.3 is 14.9 Å². The Labute approximate surface area is 86.8 Å². The molecule has 2 aliphatic rings. The zero-order valence-electron chi connectivity index (χ0n) is 7.95. The lowest BCUT2D eigenvalue weighted by Gasteiger charge is -2.35. The van der Waals surface area contributed by atoms with Gasteiger partial charge in [-0.25, -0.2) is 13.6 Å². The van der Waals surface area contributed by atoms with Crippen LogP contribution < -0.4 is 0 Å². The Kier molecular flexibility index (Phi) is 1.94. The topological polar surface area (TPSA) is 70.1 Å². The first-order valence-electron chi connectivity index (χ1n) is 4.41. The minimum Gasteiger partial charge on any atom is -0.477 e. The van der Waals surface area contributed by atoms with E-state index < -0.39 is 41.5 Å². The number of ether oxygens (including phenoxy) is 1. The van der Waals surface area contributed by atoms with E-state index in [1.54, 1.807) is 0 Å². The fraction of sp³-hybridized carbons (Fsp3) is 0.875. The summed E-state index contributed by atoms with van der Waals surface area (Å²) in [6.07, 6.45) is -3.44. The van der Waals surface area contributed by atoms with Crippen molar-refractivity contribution in [3.05, 3.63) is 0 Å². The number of fused-ring (bicyclic) bond motifs is 1. The highest BCUT2D eigenvalue weighted by Gasteiger charge is 2.84. The molecule has 0 amide bonds. The molecule has 2 fully saturated rings. The summed E-state index contributed by atoms with van der Waals surface area (Å²) in [5, 5.41) is 17.7. The van der Waals surface area contributed by atoms with Crippen LogP contribution in [0.3, 0.4) is 0 Å². The Balaban J connectivity index is 2.41. The fourth-order valence-electron chi connectivity index (χ4n) is 2.18. The molecule has 1 aliphatic carbocycles. The van der Waals surface area contributed by atoms with Gasteiger partial charge in [0, 0.05) is 0 Å². The van der Waals surface area contributed by atoms with Crippen molar-refractivity contribution in [3.63, 3.8) is 0 Å². The molecule has 0 spiro atoms. The lowest BCUT2D eigenvalue weighted by molar-refractivity contribution is -0.243. The van der Waals surface area contributed by atoms with Gasteiger partial charge in [0.25, 0.3) is 0 Å². The van der Waals surface area contributed by atoms with Crippen LogP contribution in [0.5, 0.6) is 0 Å². The molecular formula is C8H8F4O4. The van der Waals surface area contributed by atoms with E-state index in [1.807, 2.05) is 0 Å². The van der Waals surface area contributed by atoms with Crippen LogP contribution in [0.25, 0.3) is 0 Å². The number of aliphatic carboxylic acids is 1. The van der Waals surface area contributed by atoms with Gasteiger partial charge in [-0.1, -0.05) is 0 Å². The molecule has 4 unspecified atom stereocenters. The monoisotopic (exact) mass is 244 g/mol. The van der Waals surface area contributed by atoms with Gasteiger partial charge >= 0.3 is 17.8 Å². The molecule has 2 N–H and O–H groups in total. The number of carboxylic acid groups (broad SMARTS) is 1. The number of hydrogen-bond acceptors (Lipinski definition) is 3. The number of alkyl halides is 4. The molecule has 0 bridgehead atoms. The van der Waals surface area contributed by atoms with E-state index in [-0.39, 0.29) is 0 Å². The summed E-state index contributed by atoms with van der Waals surface area (Å²) < 4.78 is 57.3. The number of halogens is 4. The van der Waals surface area contributed by atoms with Crippen LogP contribution in [0, 0.1) is 5.92 Å². The molecule has 92 valence electrons. The third-order valence-electron chi connectivity index (χ3n) is 3.17. The molecule has 2 rings (SSSR count). The highest BCUT2D eigenvalue weighted by atomic mass is 19.3. The molecule has 1 aliphatic heterocycles. The number of carbonyl (C=O) groups is 1. The highest BCUT2D eigenvalue weighted by molar-refractivity contribution is 5.76. The molecule has 8 heteroatoms. The molecule has 0 aromatic heterocycles. The Morgan fingerprint density at radius 3 is 2.25 bits per heavy atom. The van der Waals surface area contributed by atoms with Gasteiger partial charge in [0.15, 0.2) is 6.10 Å². The molecule has 0 aromatic rings. The first kappa shape index (κ1) is 11.6. The molecule has 16 heavy (non-hydrogen) atoms. The van der Waals surface area contributed by atoms with E-state index in [0.29, 0.717) is 6.92 Å². The van der Waals surface area contributed by atoms with Crippen molar-refractivity contribution in [1.82, 2.24) is 0 Å². The van der Waals surface area contributed by atoms with Gasteiger partial charge in [-0.2, -0.15) is 8.78 Å². The number of carboxylic acids is 1. The van der Waals surface area contributed by atoms with Crippen LogP contribution >= 0.6 is 0 Å². The summed E-state index contributed by atoms with van der Waals surface area (Å²) in [5.74, 6) is -13.3. The average molecular weight is 244 g/mol. The normalized spacial score (nSPS) is 45.2. The van der Waals surface area contributed by atoms with Crippen molar-refractivity contribution < 1.29 is 37.3 Å². The van der Waals surface area contributed by atoms with Crippen LogP contribution in [0.4, 0.5) is 17.6 Å². The molecule has 0 radical (unpaired) electrons. The zero-order valence-corrected chi connectivity index (χ0v) is 7.95. The fourth-order valence-corrected chi connectivity index (χ4v) is 2.18. The third-order valence-corrected chi connectivity index (χ3v) is 3.17. The molecular weight excluding hydrogens is 236 g/mol. The van der Waals surface area contributed by atoms with Crippen LogP contribution in [0.2, 0.25) is 0 Å². The lowest BCUT2D eigenvalue weighted by Crippen LogP contribution is -2.57. The highest BCUT2D eigenvalue weighted by Crippen LogP contribution is 2.61. The minimum atomic E-state index is -4.46. The number of aliphatic hydroxyl groups is 1. The second kappa shape index (κ2) is 2.67. The predicted octanol–water partition coefficient (Wildman–Crippen LogP) is 0.490. The Morgan fingerprint density at radius 2 is 1.94 bits per heavy atom. The zero-order chi connectivity index (χ0) is 12.5. The quantitative estimate of drug-likeness (QED) is 0.548. The summed E-state index contributed by atoms with van der Waals surface area (Å²) in [6.45, 7) is 0.504. The van der Waals surface area contributed by atoms with E-state index in [4.69, 9.17) is 5.11 Å². The predicted molar refractivity (Wildman–Crippen MR) is 40.3 cm³/mol. The van der Waals surface area contributed by atoms with Crippen molar-refractivity contribution in [2.75, 3.05) is 0 Å². The van der Waals surface area contributed by atoms with E-state index in [9.17, 15) is 27.5 Å². The van der Waals surface area contributed by atoms with Gasteiger partial charge in [-0.05, 0) is 6.92 Å².